The molecule has 132 valence electrons. The molecule has 0 amide bonds. The van der Waals surface area contributed by atoms with Gasteiger partial charge < -0.3 is 9.47 Å². The fourth-order valence-electron chi connectivity index (χ4n) is 2.97. The number of benzene rings is 2. The minimum absolute atomic E-state index is 0.261. The number of hydrogen-bond donors (Lipinski definition) is 0. The van der Waals surface area contributed by atoms with E-state index in [1.54, 1.807) is 26.4 Å². The van der Waals surface area contributed by atoms with Crippen LogP contribution < -0.4 is 4.74 Å². The van der Waals surface area contributed by atoms with E-state index in [1.165, 1.54) is 6.07 Å². The summed E-state index contributed by atoms with van der Waals surface area (Å²) in [5, 5.41) is 3.69. The lowest BCUT2D eigenvalue weighted by molar-refractivity contribution is 0.0103. The molecule has 0 fully saturated rings. The Morgan fingerprint density at radius 3 is 2.52 bits per heavy atom. The fraction of sp³-hybridized carbons (Fsp3) is 0.368. The number of halogens is 1. The molecule has 25 heavy (non-hydrogen) atoms. The summed E-state index contributed by atoms with van der Waals surface area (Å²) in [6, 6.07) is 12.1. The maximum Gasteiger partial charge on any atom is 0.131 e. The molecule has 0 aliphatic rings. The van der Waals surface area contributed by atoms with E-state index in [9.17, 15) is 4.39 Å². The van der Waals surface area contributed by atoms with Crippen LogP contribution >= 0.6 is 0 Å². The Balaban J connectivity index is 2.59. The Labute approximate surface area is 147 Å². The minimum atomic E-state index is -0.466. The van der Waals surface area contributed by atoms with Crippen molar-refractivity contribution in [2.45, 2.75) is 20.0 Å². The molecule has 0 heterocycles. The normalized spacial score (nSPS) is 12.4. The number of azide groups is 1. The summed E-state index contributed by atoms with van der Waals surface area (Å²) in [5.41, 5.74) is 10.2. The molecule has 0 bridgehead atoms. The second-order valence-electron chi connectivity index (χ2n) is 6.43. The topological polar surface area (TPSA) is 67.2 Å². The van der Waals surface area contributed by atoms with Crippen LogP contribution in [0.2, 0.25) is 0 Å². The Morgan fingerprint density at radius 2 is 1.88 bits per heavy atom. The number of hydrogen-bond acceptors (Lipinski definition) is 3. The predicted octanol–water partition coefficient (Wildman–Crippen LogP) is 5.53. The summed E-state index contributed by atoms with van der Waals surface area (Å²) < 4.78 is 25.4. The van der Waals surface area contributed by atoms with Gasteiger partial charge in [0.1, 0.15) is 11.6 Å². The molecular formula is C19H22FN3O2. The first-order chi connectivity index (χ1) is 11.9. The van der Waals surface area contributed by atoms with Gasteiger partial charge >= 0.3 is 0 Å². The molecule has 2 aromatic carbocycles. The van der Waals surface area contributed by atoms with E-state index in [4.69, 9.17) is 15.0 Å². The lowest BCUT2D eigenvalue weighted by Crippen LogP contribution is -2.27. The maximum atomic E-state index is 14.5. The highest BCUT2D eigenvalue weighted by Crippen LogP contribution is 2.42. The molecule has 0 radical (unpaired) electrons. The third-order valence-electron chi connectivity index (χ3n) is 4.19. The molecule has 0 spiro atoms. The summed E-state index contributed by atoms with van der Waals surface area (Å²) in [4.78, 5) is 2.84. The average molecular weight is 343 g/mol. The average Bonchev–Trinajstić information content (AvgIpc) is 2.61. The van der Waals surface area contributed by atoms with Crippen molar-refractivity contribution in [3.05, 3.63) is 64.3 Å². The van der Waals surface area contributed by atoms with Crippen molar-refractivity contribution < 1.29 is 13.9 Å². The van der Waals surface area contributed by atoms with Crippen LogP contribution in [-0.2, 0) is 4.74 Å². The van der Waals surface area contributed by atoms with Crippen LogP contribution in [0.25, 0.3) is 21.6 Å². The van der Waals surface area contributed by atoms with Crippen LogP contribution in [0.4, 0.5) is 4.39 Å². The first-order valence-electron chi connectivity index (χ1n) is 7.91. The lowest BCUT2D eigenvalue weighted by atomic mass is 9.80. The Bertz CT molecular complexity index is 786. The summed E-state index contributed by atoms with van der Waals surface area (Å²) in [6.45, 7) is 4.17. The predicted molar refractivity (Wildman–Crippen MR) is 95.9 cm³/mol. The molecule has 0 aliphatic heterocycles. The molecule has 1 unspecified atom stereocenters. The number of ether oxygens (including phenoxy) is 2. The van der Waals surface area contributed by atoms with Crippen LogP contribution in [0, 0.1) is 11.2 Å². The molecule has 5 nitrogen and oxygen atoms in total. The Kier molecular flexibility index (Phi) is 6.02. The monoisotopic (exact) mass is 343 g/mol. The maximum absolute atomic E-state index is 14.5. The molecule has 0 N–H and O–H groups in total. The van der Waals surface area contributed by atoms with Crippen LogP contribution in [0.3, 0.4) is 0 Å². The number of methoxy groups -OCH3 is 2. The van der Waals surface area contributed by atoms with E-state index in [2.05, 4.69) is 10.0 Å². The second kappa shape index (κ2) is 8.01. The minimum Gasteiger partial charge on any atom is -0.497 e. The quantitative estimate of drug-likeness (QED) is 0.377. The third kappa shape index (κ3) is 4.10. The summed E-state index contributed by atoms with van der Waals surface area (Å²) >= 11 is 0. The van der Waals surface area contributed by atoms with Gasteiger partial charge in [-0.3, -0.25) is 0 Å². The summed E-state index contributed by atoms with van der Waals surface area (Å²) in [7, 11) is 3.14. The van der Waals surface area contributed by atoms with E-state index in [0.29, 0.717) is 11.3 Å². The van der Waals surface area contributed by atoms with Crippen LogP contribution in [0.1, 0.15) is 25.5 Å². The van der Waals surface area contributed by atoms with Gasteiger partial charge in [-0.15, -0.1) is 0 Å². The molecule has 0 saturated carbocycles. The van der Waals surface area contributed by atoms with E-state index in [-0.39, 0.29) is 18.5 Å². The molecule has 6 heteroatoms. The van der Waals surface area contributed by atoms with Crippen molar-refractivity contribution in [3.63, 3.8) is 0 Å². The highest BCUT2D eigenvalue weighted by Gasteiger charge is 2.32. The van der Waals surface area contributed by atoms with Crippen molar-refractivity contribution in [1.82, 2.24) is 0 Å². The Hall–Kier alpha value is -2.56. The summed E-state index contributed by atoms with van der Waals surface area (Å²) in [5.74, 6) is 0.240. The van der Waals surface area contributed by atoms with Crippen molar-refractivity contribution in [2.75, 3.05) is 20.8 Å². The van der Waals surface area contributed by atoms with Gasteiger partial charge in [0.2, 0.25) is 0 Å². The van der Waals surface area contributed by atoms with Gasteiger partial charge in [-0.1, -0.05) is 43.2 Å². The molecule has 2 aromatic rings. The van der Waals surface area contributed by atoms with Gasteiger partial charge in [-0.25, -0.2) is 4.39 Å². The summed E-state index contributed by atoms with van der Waals surface area (Å²) in [6.07, 6.45) is -0.375. The lowest BCUT2D eigenvalue weighted by Gasteiger charge is -2.33. The van der Waals surface area contributed by atoms with Gasteiger partial charge in [-0.2, -0.15) is 0 Å². The molecule has 0 saturated heterocycles. The standard InChI is InChI=1S/C19H22FN3O2/c1-19(2,12-22-23-21)18(25-4)15-8-6-5-7-14(15)16-11-13(24-3)9-10-17(16)20/h5-11,18H,12H2,1-4H3. The van der Waals surface area contributed by atoms with Crippen molar-refractivity contribution in [1.29, 1.82) is 0 Å². The van der Waals surface area contributed by atoms with E-state index in [0.717, 1.165) is 11.1 Å². The van der Waals surface area contributed by atoms with Crippen molar-refractivity contribution in [2.24, 2.45) is 10.5 Å². The molecule has 0 aliphatic carbocycles. The first-order valence-corrected chi connectivity index (χ1v) is 7.91. The zero-order valence-corrected chi connectivity index (χ0v) is 14.9. The van der Waals surface area contributed by atoms with Crippen LogP contribution in [-0.4, -0.2) is 20.8 Å². The van der Waals surface area contributed by atoms with Gasteiger partial charge in [0.05, 0.1) is 13.2 Å². The van der Waals surface area contributed by atoms with Gasteiger partial charge in [0.15, 0.2) is 0 Å². The third-order valence-corrected chi connectivity index (χ3v) is 4.19. The van der Waals surface area contributed by atoms with Crippen molar-refractivity contribution in [3.8, 4) is 16.9 Å². The van der Waals surface area contributed by atoms with E-state index in [1.807, 2.05) is 38.1 Å². The molecule has 0 aromatic heterocycles. The SMILES string of the molecule is COc1ccc(F)c(-c2ccccc2C(OC)C(C)(C)CN=[N+]=[N-])c1. The van der Waals surface area contributed by atoms with Crippen LogP contribution in [0.15, 0.2) is 47.6 Å². The molecule has 2 rings (SSSR count). The highest BCUT2D eigenvalue weighted by atomic mass is 19.1. The molecule has 1 atom stereocenters. The number of rotatable bonds is 7. The second-order valence-corrected chi connectivity index (χ2v) is 6.43. The van der Waals surface area contributed by atoms with Crippen LogP contribution in [0.5, 0.6) is 5.75 Å². The van der Waals surface area contributed by atoms with Gasteiger partial charge in [-0.05, 0) is 34.9 Å². The zero-order valence-electron chi connectivity index (χ0n) is 14.9. The van der Waals surface area contributed by atoms with E-state index >= 15 is 0 Å². The van der Waals surface area contributed by atoms with Gasteiger partial charge in [0.25, 0.3) is 0 Å². The van der Waals surface area contributed by atoms with E-state index < -0.39 is 5.41 Å². The largest absolute Gasteiger partial charge is 0.497 e. The van der Waals surface area contributed by atoms with Gasteiger partial charge in [0, 0.05) is 29.5 Å². The fourth-order valence-corrected chi connectivity index (χ4v) is 2.97. The zero-order chi connectivity index (χ0) is 18.4. The smallest absolute Gasteiger partial charge is 0.131 e. The van der Waals surface area contributed by atoms with Crippen molar-refractivity contribution >= 4 is 0 Å². The highest BCUT2D eigenvalue weighted by molar-refractivity contribution is 5.70. The Morgan fingerprint density at radius 1 is 1.16 bits per heavy atom. The molecular weight excluding hydrogens is 321 g/mol. The first kappa shape index (κ1) is 18.8. The number of nitrogens with zero attached hydrogens (tertiary/aromatic N) is 3.